The molecule has 0 atom stereocenters. The standard InChI is InChI=1S/C34H31N/c1-4-27-9-19-32(20-10-27)35(33-21-15-30(16-22-33)28-11-5-25(2)6-12-28)34-23-17-31(18-24-34)29-13-7-26(3)8-14-29/h5-24H,4H2,1-3H3. The van der Waals surface area contributed by atoms with E-state index in [4.69, 9.17) is 0 Å². The van der Waals surface area contributed by atoms with Gasteiger partial charge < -0.3 is 4.90 Å². The van der Waals surface area contributed by atoms with Gasteiger partial charge in [-0.05, 0) is 84.5 Å². The average Bonchev–Trinajstić information content (AvgIpc) is 2.91. The molecule has 5 rings (SSSR count). The topological polar surface area (TPSA) is 3.24 Å². The number of anilines is 3. The first-order chi connectivity index (χ1) is 17.1. The molecule has 0 saturated heterocycles. The van der Waals surface area contributed by atoms with E-state index in [0.717, 1.165) is 23.5 Å². The van der Waals surface area contributed by atoms with Crippen LogP contribution in [0.3, 0.4) is 0 Å². The Kier molecular flexibility index (Phi) is 6.50. The van der Waals surface area contributed by atoms with Crippen LogP contribution >= 0.6 is 0 Å². The van der Waals surface area contributed by atoms with E-state index in [0.29, 0.717) is 0 Å². The van der Waals surface area contributed by atoms with Crippen molar-refractivity contribution in [2.75, 3.05) is 4.90 Å². The second-order valence-corrected chi connectivity index (χ2v) is 9.18. The van der Waals surface area contributed by atoms with Crippen molar-refractivity contribution in [3.63, 3.8) is 0 Å². The fourth-order valence-electron chi connectivity index (χ4n) is 4.43. The van der Waals surface area contributed by atoms with E-state index < -0.39 is 0 Å². The van der Waals surface area contributed by atoms with Gasteiger partial charge in [-0.2, -0.15) is 0 Å². The Morgan fingerprint density at radius 3 is 1.00 bits per heavy atom. The quantitative estimate of drug-likeness (QED) is 0.247. The highest BCUT2D eigenvalue weighted by Crippen LogP contribution is 2.36. The molecule has 0 saturated carbocycles. The molecule has 0 aliphatic carbocycles. The highest BCUT2D eigenvalue weighted by molar-refractivity contribution is 5.79. The lowest BCUT2D eigenvalue weighted by Gasteiger charge is -2.26. The van der Waals surface area contributed by atoms with Crippen LogP contribution in [0.1, 0.15) is 23.6 Å². The highest BCUT2D eigenvalue weighted by Gasteiger charge is 2.13. The maximum atomic E-state index is 2.33. The third-order valence-electron chi connectivity index (χ3n) is 6.62. The number of nitrogens with zero attached hydrogens (tertiary/aromatic N) is 1. The van der Waals surface area contributed by atoms with Crippen LogP contribution in [0.4, 0.5) is 17.1 Å². The molecule has 0 aliphatic rings. The van der Waals surface area contributed by atoms with E-state index in [2.05, 4.69) is 147 Å². The fourth-order valence-corrected chi connectivity index (χ4v) is 4.43. The van der Waals surface area contributed by atoms with Crippen molar-refractivity contribution in [3.8, 4) is 22.3 Å². The Morgan fingerprint density at radius 1 is 0.400 bits per heavy atom. The number of hydrogen-bond acceptors (Lipinski definition) is 1. The average molecular weight is 454 g/mol. The molecular weight excluding hydrogens is 422 g/mol. The summed E-state index contributed by atoms with van der Waals surface area (Å²) in [6.07, 6.45) is 1.04. The number of hydrogen-bond donors (Lipinski definition) is 0. The lowest BCUT2D eigenvalue weighted by molar-refractivity contribution is 1.14. The Hall–Kier alpha value is -4.10. The molecule has 0 aromatic heterocycles. The van der Waals surface area contributed by atoms with Gasteiger partial charge in [0.1, 0.15) is 0 Å². The van der Waals surface area contributed by atoms with Crippen molar-refractivity contribution in [1.82, 2.24) is 0 Å². The molecule has 1 heteroatoms. The van der Waals surface area contributed by atoms with Gasteiger partial charge in [0, 0.05) is 17.1 Å². The third-order valence-corrected chi connectivity index (χ3v) is 6.62. The molecule has 0 bridgehead atoms. The van der Waals surface area contributed by atoms with Crippen LogP contribution in [0.15, 0.2) is 121 Å². The molecule has 0 aliphatic heterocycles. The third kappa shape index (κ3) is 5.05. The van der Waals surface area contributed by atoms with Crippen molar-refractivity contribution in [3.05, 3.63) is 138 Å². The molecule has 0 N–H and O–H groups in total. The maximum Gasteiger partial charge on any atom is 0.0462 e. The molecule has 5 aromatic rings. The first-order valence-corrected chi connectivity index (χ1v) is 12.3. The molecular formula is C34H31N. The largest absolute Gasteiger partial charge is 0.311 e. The summed E-state index contributed by atoms with van der Waals surface area (Å²) in [4.78, 5) is 2.33. The van der Waals surface area contributed by atoms with Crippen LogP contribution in [0, 0.1) is 13.8 Å². The molecule has 0 fully saturated rings. The summed E-state index contributed by atoms with van der Waals surface area (Å²) in [5.74, 6) is 0. The minimum atomic E-state index is 1.04. The van der Waals surface area contributed by atoms with Gasteiger partial charge >= 0.3 is 0 Å². The number of aryl methyl sites for hydroxylation is 3. The van der Waals surface area contributed by atoms with Gasteiger partial charge in [0.05, 0.1) is 0 Å². The zero-order valence-corrected chi connectivity index (χ0v) is 20.7. The molecule has 172 valence electrons. The molecule has 5 aromatic carbocycles. The molecule has 35 heavy (non-hydrogen) atoms. The van der Waals surface area contributed by atoms with Crippen LogP contribution in [0.5, 0.6) is 0 Å². The van der Waals surface area contributed by atoms with Gasteiger partial charge in [0.15, 0.2) is 0 Å². The van der Waals surface area contributed by atoms with E-state index in [9.17, 15) is 0 Å². The van der Waals surface area contributed by atoms with Crippen LogP contribution in [0.2, 0.25) is 0 Å². The molecule has 0 spiro atoms. The second-order valence-electron chi connectivity index (χ2n) is 9.18. The van der Waals surface area contributed by atoms with Crippen molar-refractivity contribution in [2.24, 2.45) is 0 Å². The molecule has 0 unspecified atom stereocenters. The molecule has 1 nitrogen and oxygen atoms in total. The van der Waals surface area contributed by atoms with E-state index >= 15 is 0 Å². The maximum absolute atomic E-state index is 2.33. The van der Waals surface area contributed by atoms with Crippen LogP contribution in [-0.4, -0.2) is 0 Å². The zero-order valence-electron chi connectivity index (χ0n) is 20.7. The van der Waals surface area contributed by atoms with E-state index in [1.165, 1.54) is 38.9 Å². The normalized spacial score (nSPS) is 10.8. The summed E-state index contributed by atoms with van der Waals surface area (Å²) in [6.45, 7) is 6.44. The molecule has 0 heterocycles. The summed E-state index contributed by atoms with van der Waals surface area (Å²) in [7, 11) is 0. The predicted molar refractivity (Wildman–Crippen MR) is 151 cm³/mol. The predicted octanol–water partition coefficient (Wildman–Crippen LogP) is 9.67. The van der Waals surface area contributed by atoms with Crippen LogP contribution in [-0.2, 0) is 6.42 Å². The van der Waals surface area contributed by atoms with Gasteiger partial charge in [-0.3, -0.25) is 0 Å². The van der Waals surface area contributed by atoms with Crippen molar-refractivity contribution in [1.29, 1.82) is 0 Å². The van der Waals surface area contributed by atoms with Crippen molar-refractivity contribution in [2.45, 2.75) is 27.2 Å². The number of benzene rings is 5. The minimum absolute atomic E-state index is 1.04. The van der Waals surface area contributed by atoms with Gasteiger partial charge in [-0.25, -0.2) is 0 Å². The first kappa shape index (κ1) is 22.7. The lowest BCUT2D eigenvalue weighted by atomic mass is 10.0. The molecule has 0 amide bonds. The number of rotatable bonds is 6. The van der Waals surface area contributed by atoms with Crippen LogP contribution in [0.25, 0.3) is 22.3 Å². The second kappa shape index (κ2) is 10.0. The van der Waals surface area contributed by atoms with Gasteiger partial charge in [-0.1, -0.05) is 103 Å². The summed E-state index contributed by atoms with van der Waals surface area (Å²) in [5.41, 5.74) is 12.3. The van der Waals surface area contributed by atoms with Crippen molar-refractivity contribution >= 4 is 17.1 Å². The lowest BCUT2D eigenvalue weighted by Crippen LogP contribution is -2.09. The van der Waals surface area contributed by atoms with Crippen LogP contribution < -0.4 is 4.90 Å². The van der Waals surface area contributed by atoms with E-state index in [-0.39, 0.29) is 0 Å². The monoisotopic (exact) mass is 453 g/mol. The SMILES string of the molecule is CCc1ccc(N(c2ccc(-c3ccc(C)cc3)cc2)c2ccc(-c3ccc(C)cc3)cc2)cc1. The Balaban J connectivity index is 1.52. The van der Waals surface area contributed by atoms with E-state index in [1.807, 2.05) is 0 Å². The van der Waals surface area contributed by atoms with Gasteiger partial charge in [0.25, 0.3) is 0 Å². The van der Waals surface area contributed by atoms with E-state index in [1.54, 1.807) is 0 Å². The zero-order chi connectivity index (χ0) is 24.2. The van der Waals surface area contributed by atoms with Gasteiger partial charge in [-0.15, -0.1) is 0 Å². The smallest absolute Gasteiger partial charge is 0.0462 e. The summed E-state index contributed by atoms with van der Waals surface area (Å²) in [5, 5.41) is 0. The minimum Gasteiger partial charge on any atom is -0.311 e. The first-order valence-electron chi connectivity index (χ1n) is 12.3. The summed E-state index contributed by atoms with van der Waals surface area (Å²) >= 11 is 0. The van der Waals surface area contributed by atoms with Gasteiger partial charge in [0.2, 0.25) is 0 Å². The highest BCUT2D eigenvalue weighted by atomic mass is 15.1. The Morgan fingerprint density at radius 2 is 0.686 bits per heavy atom. The summed E-state index contributed by atoms with van der Waals surface area (Å²) < 4.78 is 0. The fraction of sp³-hybridized carbons (Fsp3) is 0.118. The Labute approximate surface area is 209 Å². The summed E-state index contributed by atoms with van der Waals surface area (Å²) in [6, 6.07) is 44.1. The molecule has 0 radical (unpaired) electrons. The van der Waals surface area contributed by atoms with Crippen molar-refractivity contribution < 1.29 is 0 Å². The Bertz CT molecular complexity index is 1290.